The van der Waals surface area contributed by atoms with Gasteiger partial charge in [0, 0.05) is 36.6 Å². The van der Waals surface area contributed by atoms with Gasteiger partial charge in [-0.05, 0) is 96.7 Å². The predicted octanol–water partition coefficient (Wildman–Crippen LogP) is 3.88. The molecule has 0 saturated carbocycles. The number of likely N-dealkylation sites (tertiary alicyclic amines) is 1. The number of fused-ring (bicyclic) bond motifs is 1. The zero-order valence-electron chi connectivity index (χ0n) is 21.2. The van der Waals surface area contributed by atoms with E-state index in [1.807, 2.05) is 6.07 Å². The summed E-state index contributed by atoms with van der Waals surface area (Å²) in [6, 6.07) is 15.0. The highest BCUT2D eigenvalue weighted by Crippen LogP contribution is 2.29. The molecular weight excluding hydrogens is 548 g/mol. The van der Waals surface area contributed by atoms with Crippen LogP contribution in [0.3, 0.4) is 0 Å². The summed E-state index contributed by atoms with van der Waals surface area (Å²) in [5, 5.41) is 16.2. The number of nitrogens with one attached hydrogen (secondary N) is 2. The Kier molecular flexibility index (Phi) is 8.42. The average Bonchev–Trinajstić information content (AvgIpc) is 2.92. The van der Waals surface area contributed by atoms with E-state index in [-0.39, 0.29) is 24.5 Å². The number of amides is 1. The zero-order valence-corrected chi connectivity index (χ0v) is 22.8. The van der Waals surface area contributed by atoms with Crippen LogP contribution >= 0.6 is 15.9 Å². The molecule has 0 atom stereocenters. The Morgan fingerprint density at radius 2 is 1.92 bits per heavy atom. The standard InChI is InChI=1S/C29H31BrN4O4/c30-25-13-20(2-4-26(25)37-24-5-9-32-10-6-24)18-34-11-7-23(8-12-34)33-28(35)16-22-15-21-3-1-19(17-31)14-27(21)38-29(22)36/h1-4,13-15,23-24,32H,5-12,16,18H2,(H,33,35). The van der Waals surface area contributed by atoms with Crippen LogP contribution in [0.4, 0.5) is 0 Å². The molecule has 0 spiro atoms. The van der Waals surface area contributed by atoms with Gasteiger partial charge < -0.3 is 19.8 Å². The molecule has 3 heterocycles. The number of carbonyl (C=O) groups excluding carboxylic acids is 1. The first kappa shape index (κ1) is 26.4. The summed E-state index contributed by atoms with van der Waals surface area (Å²) in [6.07, 6.45) is 4.00. The van der Waals surface area contributed by atoms with Gasteiger partial charge in [0.1, 0.15) is 17.4 Å². The summed E-state index contributed by atoms with van der Waals surface area (Å²) in [4.78, 5) is 27.5. The van der Waals surface area contributed by atoms with E-state index < -0.39 is 5.63 Å². The van der Waals surface area contributed by atoms with Crippen molar-refractivity contribution in [3.63, 3.8) is 0 Å². The Hall–Kier alpha value is -3.19. The van der Waals surface area contributed by atoms with E-state index in [4.69, 9.17) is 14.4 Å². The van der Waals surface area contributed by atoms with Crippen LogP contribution in [0.15, 0.2) is 56.1 Å². The van der Waals surface area contributed by atoms with Crippen molar-refractivity contribution in [1.82, 2.24) is 15.5 Å². The van der Waals surface area contributed by atoms with E-state index in [9.17, 15) is 9.59 Å². The first-order valence-corrected chi connectivity index (χ1v) is 13.9. The van der Waals surface area contributed by atoms with Crippen LogP contribution in [0.5, 0.6) is 5.75 Å². The van der Waals surface area contributed by atoms with E-state index in [1.165, 1.54) is 11.6 Å². The molecule has 9 heteroatoms. The third-order valence-electron chi connectivity index (χ3n) is 7.22. The van der Waals surface area contributed by atoms with Gasteiger partial charge in [-0.3, -0.25) is 9.69 Å². The van der Waals surface area contributed by atoms with Gasteiger partial charge in [0.25, 0.3) is 0 Å². The molecule has 8 nitrogen and oxygen atoms in total. The number of nitrogens with zero attached hydrogens (tertiary/aromatic N) is 2. The number of nitriles is 1. The fourth-order valence-corrected chi connectivity index (χ4v) is 5.64. The van der Waals surface area contributed by atoms with Crippen LogP contribution in [0.25, 0.3) is 11.0 Å². The molecule has 3 aromatic rings. The molecule has 0 aliphatic carbocycles. The predicted molar refractivity (Wildman–Crippen MR) is 148 cm³/mol. The molecular formula is C29H31BrN4O4. The molecule has 0 bridgehead atoms. The Morgan fingerprint density at radius 3 is 2.66 bits per heavy atom. The van der Waals surface area contributed by atoms with Crippen LogP contribution in [0.1, 0.15) is 42.4 Å². The third kappa shape index (κ3) is 6.62. The molecule has 0 radical (unpaired) electrons. The lowest BCUT2D eigenvalue weighted by Gasteiger charge is -2.32. The lowest BCUT2D eigenvalue weighted by molar-refractivity contribution is -0.121. The van der Waals surface area contributed by atoms with Crippen LogP contribution in [0, 0.1) is 11.3 Å². The number of carbonyl (C=O) groups is 1. The van der Waals surface area contributed by atoms with Crippen LogP contribution < -0.4 is 21.0 Å². The summed E-state index contributed by atoms with van der Waals surface area (Å²) < 4.78 is 12.5. The van der Waals surface area contributed by atoms with Crippen molar-refractivity contribution in [3.8, 4) is 11.8 Å². The zero-order chi connectivity index (χ0) is 26.5. The van der Waals surface area contributed by atoms with Crippen molar-refractivity contribution in [1.29, 1.82) is 5.26 Å². The van der Waals surface area contributed by atoms with Crippen molar-refractivity contribution in [2.24, 2.45) is 0 Å². The maximum absolute atomic E-state index is 12.7. The van der Waals surface area contributed by atoms with Gasteiger partial charge in [-0.1, -0.05) is 6.07 Å². The minimum absolute atomic E-state index is 0.0295. The van der Waals surface area contributed by atoms with Gasteiger partial charge >= 0.3 is 5.63 Å². The second-order valence-corrected chi connectivity index (χ2v) is 10.9. The fraction of sp³-hybridized carbons (Fsp3) is 0.414. The molecule has 2 fully saturated rings. The molecule has 2 aliphatic heterocycles. The minimum Gasteiger partial charge on any atom is -0.489 e. The van der Waals surface area contributed by atoms with Gasteiger partial charge in [-0.15, -0.1) is 0 Å². The monoisotopic (exact) mass is 578 g/mol. The van der Waals surface area contributed by atoms with E-state index in [0.29, 0.717) is 22.1 Å². The first-order chi connectivity index (χ1) is 18.5. The molecule has 38 heavy (non-hydrogen) atoms. The lowest BCUT2D eigenvalue weighted by atomic mass is 10.0. The Labute approximate surface area is 230 Å². The number of rotatable bonds is 7. The molecule has 2 N–H and O–H groups in total. The van der Waals surface area contributed by atoms with Gasteiger partial charge in [0.2, 0.25) is 5.91 Å². The maximum atomic E-state index is 12.7. The highest BCUT2D eigenvalue weighted by molar-refractivity contribution is 9.10. The van der Waals surface area contributed by atoms with Crippen LogP contribution in [-0.2, 0) is 17.8 Å². The van der Waals surface area contributed by atoms with E-state index in [2.05, 4.69) is 49.7 Å². The summed E-state index contributed by atoms with van der Waals surface area (Å²) in [5.74, 6) is 0.714. The number of ether oxygens (including phenoxy) is 1. The van der Waals surface area contributed by atoms with Crippen LogP contribution in [0.2, 0.25) is 0 Å². The van der Waals surface area contributed by atoms with Crippen LogP contribution in [-0.4, -0.2) is 49.1 Å². The van der Waals surface area contributed by atoms with Crippen molar-refractivity contribution in [2.45, 2.75) is 50.8 Å². The van der Waals surface area contributed by atoms with Crippen molar-refractivity contribution in [3.05, 3.63) is 74.0 Å². The van der Waals surface area contributed by atoms with Gasteiger partial charge in [-0.2, -0.15) is 5.26 Å². The number of piperidine rings is 2. The maximum Gasteiger partial charge on any atom is 0.339 e. The Morgan fingerprint density at radius 1 is 1.13 bits per heavy atom. The minimum atomic E-state index is -0.545. The summed E-state index contributed by atoms with van der Waals surface area (Å²) >= 11 is 3.68. The third-order valence-corrected chi connectivity index (χ3v) is 7.84. The summed E-state index contributed by atoms with van der Waals surface area (Å²) in [6.45, 7) is 4.62. The first-order valence-electron chi connectivity index (χ1n) is 13.1. The van der Waals surface area contributed by atoms with Crippen molar-refractivity contribution >= 4 is 32.8 Å². The van der Waals surface area contributed by atoms with Gasteiger partial charge in [0.05, 0.1) is 22.5 Å². The van der Waals surface area contributed by atoms with E-state index >= 15 is 0 Å². The molecule has 1 amide bonds. The Bertz CT molecular complexity index is 1400. The largest absolute Gasteiger partial charge is 0.489 e. The second kappa shape index (κ2) is 12.1. The van der Waals surface area contributed by atoms with E-state index in [0.717, 1.165) is 68.6 Å². The molecule has 2 aliphatic rings. The lowest BCUT2D eigenvalue weighted by Crippen LogP contribution is -2.45. The quantitative estimate of drug-likeness (QED) is 0.409. The number of hydrogen-bond donors (Lipinski definition) is 2. The molecule has 2 aromatic carbocycles. The fourth-order valence-electron chi connectivity index (χ4n) is 5.12. The summed E-state index contributed by atoms with van der Waals surface area (Å²) in [5.41, 5.74) is 1.76. The van der Waals surface area contributed by atoms with Crippen molar-refractivity contribution < 1.29 is 13.9 Å². The number of benzene rings is 2. The van der Waals surface area contributed by atoms with Gasteiger partial charge in [-0.25, -0.2) is 4.79 Å². The molecule has 198 valence electrons. The number of hydrogen-bond acceptors (Lipinski definition) is 7. The SMILES string of the molecule is N#Cc1ccc2cc(CC(=O)NC3CCN(Cc4ccc(OC5CCNCC5)c(Br)c4)CC3)c(=O)oc2c1. The highest BCUT2D eigenvalue weighted by Gasteiger charge is 2.22. The normalized spacial score (nSPS) is 17.3. The van der Waals surface area contributed by atoms with Crippen molar-refractivity contribution in [2.75, 3.05) is 26.2 Å². The molecule has 1 aromatic heterocycles. The average molecular weight is 579 g/mol. The highest BCUT2D eigenvalue weighted by atomic mass is 79.9. The Balaban J connectivity index is 1.10. The number of halogens is 1. The second-order valence-electron chi connectivity index (χ2n) is 10.1. The molecule has 5 rings (SSSR count). The molecule has 0 unspecified atom stereocenters. The van der Waals surface area contributed by atoms with E-state index in [1.54, 1.807) is 18.2 Å². The van der Waals surface area contributed by atoms with Gasteiger partial charge in [0.15, 0.2) is 0 Å². The summed E-state index contributed by atoms with van der Waals surface area (Å²) in [7, 11) is 0. The topological polar surface area (TPSA) is 108 Å². The smallest absolute Gasteiger partial charge is 0.339 e. The molecule has 2 saturated heterocycles.